The van der Waals surface area contributed by atoms with Crippen LogP contribution in [0.3, 0.4) is 0 Å². The standard InChI is InChI=1S/C90H182O33/c1-10-13-16-19-22-25-28-31-37-115-82(36-41-104-47-74(5)96)66-121-89(64-111-62-86(60-109-54-79(101)52-106-49-76(7)98)122-67-85(46-94)117-39-33-30-27-24-21-18-15-12-3)68-120-84(45-93)59-113-71-90(8,70-112-57-81(35-40-103-9)118-42-34-73(4)95)72-114-65-87(61-108-50-77(99)43-91)123-69-88(119-56-80(102)55-107-53-78(100)51-105-48-75(6)97)63-110-58-83(44-92)116-38-32-29-26-23-20-17-14-11-2/h73-89,91-102H,10-72H2,1-9H3/t73?,74-,75+,76?,77?,78?,79?,80?,81?,82?,83?,84?,85?,86?,87?,88?,89?,90?/m1/s1. The maximum Gasteiger partial charge on any atom is 0.104 e. The zero-order valence-corrected chi connectivity index (χ0v) is 77.8. The molecule has 18 atom stereocenters. The minimum absolute atomic E-state index is 0.00181. The van der Waals surface area contributed by atoms with Gasteiger partial charge >= 0.3 is 0 Å². The zero-order valence-electron chi connectivity index (χ0n) is 77.8. The number of rotatable bonds is 101. The summed E-state index contributed by atoms with van der Waals surface area (Å²) in [4.78, 5) is 0. The predicted octanol–water partition coefficient (Wildman–Crippen LogP) is 6.82. The Labute approximate surface area is 740 Å². The summed E-state index contributed by atoms with van der Waals surface area (Å²) >= 11 is 0. The largest absolute Gasteiger partial charge is 0.394 e. The lowest BCUT2D eigenvalue weighted by atomic mass is 9.94. The van der Waals surface area contributed by atoms with Gasteiger partial charge in [0.05, 0.1) is 235 Å². The van der Waals surface area contributed by atoms with Crippen molar-refractivity contribution >= 4 is 0 Å². The second kappa shape index (κ2) is 88.6. The van der Waals surface area contributed by atoms with Crippen molar-refractivity contribution in [1.29, 1.82) is 0 Å². The lowest BCUT2D eigenvalue weighted by Gasteiger charge is -2.31. The van der Waals surface area contributed by atoms with Crippen LogP contribution < -0.4 is 0 Å². The summed E-state index contributed by atoms with van der Waals surface area (Å²) in [5.74, 6) is 0. The van der Waals surface area contributed by atoms with Crippen molar-refractivity contribution in [3.63, 3.8) is 0 Å². The fourth-order valence-corrected chi connectivity index (χ4v) is 12.3. The predicted molar refractivity (Wildman–Crippen MR) is 467 cm³/mol. The quantitative estimate of drug-likeness (QED) is 0.0278. The first-order valence-electron chi connectivity index (χ1n) is 46.8. The molecule has 0 rings (SSSR count). The molecule has 0 spiro atoms. The molecular formula is C90H182O33. The Morgan fingerprint density at radius 3 is 0.870 bits per heavy atom. The molecular weight excluding hydrogens is 1610 g/mol. The summed E-state index contributed by atoms with van der Waals surface area (Å²) in [5.41, 5.74) is -0.923. The molecule has 0 aliphatic carbocycles. The molecule has 0 radical (unpaired) electrons. The first-order chi connectivity index (χ1) is 59.6. The van der Waals surface area contributed by atoms with E-state index in [1.807, 2.05) is 6.92 Å². The summed E-state index contributed by atoms with van der Waals surface area (Å²) in [6.07, 6.45) is 15.3. The van der Waals surface area contributed by atoms with Gasteiger partial charge in [-0.1, -0.05) is 163 Å². The van der Waals surface area contributed by atoms with E-state index in [1.54, 1.807) is 34.8 Å². The smallest absolute Gasteiger partial charge is 0.104 e. The summed E-state index contributed by atoms with van der Waals surface area (Å²) in [5, 5.41) is 123. The molecule has 0 aromatic rings. The minimum atomic E-state index is -1.19. The van der Waals surface area contributed by atoms with E-state index in [0.29, 0.717) is 52.3 Å². The van der Waals surface area contributed by atoms with Gasteiger partial charge in [-0.25, -0.2) is 0 Å². The van der Waals surface area contributed by atoms with Crippen molar-refractivity contribution < 1.29 is 161 Å². The van der Waals surface area contributed by atoms with E-state index in [9.17, 15) is 61.3 Å². The SMILES string of the molecule is CCCCCCCCCCOC(CO)COCC(COC(COCC(O)CO)COCC(C)(COCC(CO)OCC(COCC(COCC(O)COCC(C)O)OCC(CO)OCCCCCCCCCC)OCC(CCOC[C@@H](C)O)OCCCCCCCCCC)COCC(CCOC)OCCC(C)O)OCC(O)COCC(O)COC[C@H](C)O. The van der Waals surface area contributed by atoms with E-state index in [4.69, 9.17) is 99.5 Å². The fourth-order valence-electron chi connectivity index (χ4n) is 12.3. The third-order valence-corrected chi connectivity index (χ3v) is 19.6. The van der Waals surface area contributed by atoms with Gasteiger partial charge in [-0.15, -0.1) is 0 Å². The minimum Gasteiger partial charge on any atom is -0.394 e. The molecule has 0 saturated heterocycles. The van der Waals surface area contributed by atoms with Gasteiger partial charge in [0.1, 0.15) is 67.1 Å². The van der Waals surface area contributed by atoms with Crippen LogP contribution in [0.4, 0.5) is 0 Å². The van der Waals surface area contributed by atoms with Crippen molar-refractivity contribution in [3.05, 3.63) is 0 Å². The third-order valence-electron chi connectivity index (χ3n) is 19.6. The Morgan fingerprint density at radius 1 is 0.211 bits per heavy atom. The monoisotopic (exact) mass is 1790 g/mol. The maximum atomic E-state index is 11.0. The van der Waals surface area contributed by atoms with Gasteiger partial charge in [-0.3, -0.25) is 0 Å². The van der Waals surface area contributed by atoms with Gasteiger partial charge in [0.15, 0.2) is 0 Å². The first kappa shape index (κ1) is 122. The molecule has 740 valence electrons. The van der Waals surface area contributed by atoms with Crippen LogP contribution in [-0.4, -0.2) is 410 Å². The second-order valence-corrected chi connectivity index (χ2v) is 33.5. The number of aliphatic hydroxyl groups excluding tert-OH is 12. The Bertz CT molecular complexity index is 2110. The number of hydrogen-bond acceptors (Lipinski definition) is 33. The Morgan fingerprint density at radius 2 is 0.472 bits per heavy atom. The van der Waals surface area contributed by atoms with Crippen molar-refractivity contribution in [1.82, 2.24) is 0 Å². The molecule has 0 aliphatic heterocycles. The van der Waals surface area contributed by atoms with E-state index < -0.39 is 122 Å². The number of methoxy groups -OCH3 is 1. The van der Waals surface area contributed by atoms with Crippen LogP contribution in [0.1, 0.15) is 229 Å². The molecule has 0 aromatic heterocycles. The van der Waals surface area contributed by atoms with Crippen LogP contribution in [-0.2, 0) is 99.5 Å². The highest BCUT2D eigenvalue weighted by Crippen LogP contribution is 2.22. The van der Waals surface area contributed by atoms with Crippen LogP contribution in [0.5, 0.6) is 0 Å². The molecule has 16 unspecified atom stereocenters. The Kier molecular flexibility index (Phi) is 87.6. The molecule has 123 heavy (non-hydrogen) atoms. The van der Waals surface area contributed by atoms with Crippen LogP contribution in [0, 0.1) is 5.41 Å². The Hall–Kier alpha value is -1.32. The fraction of sp³-hybridized carbons (Fsp3) is 1.00. The molecule has 33 heteroatoms. The first-order valence-corrected chi connectivity index (χ1v) is 46.8. The van der Waals surface area contributed by atoms with E-state index in [1.165, 1.54) is 96.3 Å². The van der Waals surface area contributed by atoms with Crippen LogP contribution in [0.25, 0.3) is 0 Å². The second-order valence-electron chi connectivity index (χ2n) is 33.5. The maximum absolute atomic E-state index is 11.0. The van der Waals surface area contributed by atoms with E-state index in [-0.39, 0.29) is 192 Å². The molecule has 0 saturated carbocycles. The topological polar surface area (TPSA) is 437 Å². The van der Waals surface area contributed by atoms with Gasteiger partial charge in [0.25, 0.3) is 0 Å². The lowest BCUT2D eigenvalue weighted by Crippen LogP contribution is -2.40. The van der Waals surface area contributed by atoms with Gasteiger partial charge in [0, 0.05) is 52.2 Å². The molecule has 0 fully saturated rings. The van der Waals surface area contributed by atoms with Crippen molar-refractivity contribution in [2.45, 2.75) is 333 Å². The highest BCUT2D eigenvalue weighted by atomic mass is 16.6. The van der Waals surface area contributed by atoms with Gasteiger partial charge in [0.2, 0.25) is 0 Å². The summed E-state index contributed by atoms with van der Waals surface area (Å²) in [6, 6.07) is 0. The van der Waals surface area contributed by atoms with Crippen LogP contribution in [0.2, 0.25) is 0 Å². The number of hydrogen-bond donors (Lipinski definition) is 12. The van der Waals surface area contributed by atoms with E-state index >= 15 is 0 Å². The molecule has 0 heterocycles. The summed E-state index contributed by atoms with van der Waals surface area (Å²) in [6.45, 7) is 14.7. The highest BCUT2D eigenvalue weighted by Gasteiger charge is 2.30. The highest BCUT2D eigenvalue weighted by molar-refractivity contribution is 4.77. The van der Waals surface area contributed by atoms with Gasteiger partial charge in [-0.2, -0.15) is 0 Å². The average Bonchev–Trinajstić information content (AvgIpc) is 0.881. The number of ether oxygens (including phenoxy) is 21. The molecule has 0 aliphatic rings. The van der Waals surface area contributed by atoms with E-state index in [0.717, 1.165) is 57.8 Å². The van der Waals surface area contributed by atoms with Crippen molar-refractivity contribution in [2.24, 2.45) is 5.41 Å². The lowest BCUT2D eigenvalue weighted by molar-refractivity contribution is -0.147. The molecule has 0 aromatic carbocycles. The van der Waals surface area contributed by atoms with Gasteiger partial charge < -0.3 is 161 Å². The van der Waals surface area contributed by atoms with Gasteiger partial charge in [-0.05, 0) is 66.2 Å². The van der Waals surface area contributed by atoms with Crippen LogP contribution in [0.15, 0.2) is 0 Å². The molecule has 0 amide bonds. The summed E-state index contributed by atoms with van der Waals surface area (Å²) < 4.78 is 128. The van der Waals surface area contributed by atoms with Crippen molar-refractivity contribution in [2.75, 3.05) is 245 Å². The Balaban J connectivity index is 7.20. The average molecular weight is 1790 g/mol. The number of aliphatic hydroxyl groups is 12. The molecule has 12 N–H and O–H groups in total. The number of unbranched alkanes of at least 4 members (excludes halogenated alkanes) is 21. The van der Waals surface area contributed by atoms with Crippen molar-refractivity contribution in [3.8, 4) is 0 Å². The van der Waals surface area contributed by atoms with Crippen LogP contribution >= 0.6 is 0 Å². The zero-order chi connectivity index (χ0) is 90.7. The normalized spacial score (nSPS) is 17.0. The third kappa shape index (κ3) is 81.2. The van der Waals surface area contributed by atoms with E-state index in [2.05, 4.69) is 20.8 Å². The summed E-state index contributed by atoms with van der Waals surface area (Å²) in [7, 11) is 1.60. The molecule has 33 nitrogen and oxygen atoms in total. The molecule has 0 bridgehead atoms.